The summed E-state index contributed by atoms with van der Waals surface area (Å²) in [5, 5.41) is 0. The third-order valence-electron chi connectivity index (χ3n) is 4.13. The summed E-state index contributed by atoms with van der Waals surface area (Å²) in [6.07, 6.45) is 4.13. The van der Waals surface area contributed by atoms with E-state index in [0.717, 1.165) is 23.4 Å². The summed E-state index contributed by atoms with van der Waals surface area (Å²) in [4.78, 5) is 18.9. The van der Waals surface area contributed by atoms with Gasteiger partial charge in [-0.1, -0.05) is 18.2 Å². The van der Waals surface area contributed by atoms with Crippen LogP contribution in [0, 0.1) is 0 Å². The molecular weight excluding hydrogens is 300 g/mol. The number of amides is 1. The highest BCUT2D eigenvalue weighted by atomic mass is 16.3. The second-order valence-electron chi connectivity index (χ2n) is 5.85. The molecule has 0 radical (unpaired) electrons. The van der Waals surface area contributed by atoms with Crippen molar-refractivity contribution in [1.82, 2.24) is 9.88 Å². The molecule has 4 nitrogen and oxygen atoms in total. The van der Waals surface area contributed by atoms with Crippen LogP contribution in [0.25, 0.3) is 11.3 Å². The minimum Gasteiger partial charge on any atom is -0.464 e. The monoisotopic (exact) mass is 320 g/mol. The third kappa shape index (κ3) is 3.54. The number of benzene rings is 1. The lowest BCUT2D eigenvalue weighted by Gasteiger charge is -2.25. The molecule has 0 aliphatic rings. The molecule has 24 heavy (non-hydrogen) atoms. The fourth-order valence-electron chi connectivity index (χ4n) is 2.61. The molecule has 0 saturated heterocycles. The summed E-state index contributed by atoms with van der Waals surface area (Å²) in [7, 11) is 1.83. The van der Waals surface area contributed by atoms with Crippen molar-refractivity contribution in [2.24, 2.45) is 0 Å². The van der Waals surface area contributed by atoms with Crippen LogP contribution in [-0.4, -0.2) is 28.9 Å². The van der Waals surface area contributed by atoms with E-state index in [9.17, 15) is 4.79 Å². The van der Waals surface area contributed by atoms with Crippen molar-refractivity contribution in [2.45, 2.75) is 19.4 Å². The Bertz CT molecular complexity index is 798. The van der Waals surface area contributed by atoms with Gasteiger partial charge in [0.2, 0.25) is 0 Å². The molecule has 3 rings (SSSR count). The molecule has 122 valence electrons. The van der Waals surface area contributed by atoms with Crippen molar-refractivity contribution >= 4 is 5.91 Å². The summed E-state index contributed by atoms with van der Waals surface area (Å²) in [6, 6.07) is 17.1. The molecular formula is C20H20N2O2. The minimum absolute atomic E-state index is 0.00756. The van der Waals surface area contributed by atoms with Crippen LogP contribution in [0.2, 0.25) is 0 Å². The standard InChI is InChI=1S/C20H20N2O2/c1-15(13-18-9-3-4-11-21-18)22(2)20(23)17-8-5-7-16(14-17)19-10-6-12-24-19/h3-12,14-15H,13H2,1-2H3/t15-/m0/s1. The average Bonchev–Trinajstić information content (AvgIpc) is 3.16. The highest BCUT2D eigenvalue weighted by Gasteiger charge is 2.18. The molecule has 0 aliphatic heterocycles. The van der Waals surface area contributed by atoms with Crippen LogP contribution >= 0.6 is 0 Å². The van der Waals surface area contributed by atoms with Gasteiger partial charge in [0, 0.05) is 42.5 Å². The van der Waals surface area contributed by atoms with Crippen LogP contribution in [0.1, 0.15) is 23.0 Å². The van der Waals surface area contributed by atoms with E-state index in [-0.39, 0.29) is 11.9 Å². The molecule has 0 aliphatic carbocycles. The number of carbonyl (C=O) groups is 1. The number of pyridine rings is 1. The van der Waals surface area contributed by atoms with Gasteiger partial charge in [0.1, 0.15) is 5.76 Å². The molecule has 0 saturated carbocycles. The Balaban J connectivity index is 1.74. The Morgan fingerprint density at radius 3 is 2.75 bits per heavy atom. The zero-order chi connectivity index (χ0) is 16.9. The maximum atomic E-state index is 12.8. The molecule has 0 spiro atoms. The lowest BCUT2D eigenvalue weighted by molar-refractivity contribution is 0.0743. The first-order chi connectivity index (χ1) is 11.6. The van der Waals surface area contributed by atoms with Crippen LogP contribution < -0.4 is 0 Å². The summed E-state index contributed by atoms with van der Waals surface area (Å²) in [5.41, 5.74) is 2.53. The van der Waals surface area contributed by atoms with Crippen LogP contribution in [0.15, 0.2) is 71.5 Å². The highest BCUT2D eigenvalue weighted by Crippen LogP contribution is 2.21. The first-order valence-corrected chi connectivity index (χ1v) is 7.96. The number of likely N-dealkylation sites (N-methyl/N-ethyl adjacent to an activating group) is 1. The molecule has 2 heterocycles. The summed E-state index contributed by atoms with van der Waals surface area (Å²) in [6.45, 7) is 2.03. The van der Waals surface area contributed by atoms with Crippen molar-refractivity contribution < 1.29 is 9.21 Å². The minimum atomic E-state index is -0.00756. The lowest BCUT2D eigenvalue weighted by Crippen LogP contribution is -2.36. The molecule has 0 fully saturated rings. The van der Waals surface area contributed by atoms with Crippen molar-refractivity contribution in [3.63, 3.8) is 0 Å². The van der Waals surface area contributed by atoms with Crippen LogP contribution in [0.4, 0.5) is 0 Å². The number of nitrogens with zero attached hydrogens (tertiary/aromatic N) is 2. The first-order valence-electron chi connectivity index (χ1n) is 7.96. The van der Waals surface area contributed by atoms with Crippen molar-refractivity contribution in [3.8, 4) is 11.3 Å². The van der Waals surface area contributed by atoms with Gasteiger partial charge in [-0.2, -0.15) is 0 Å². The van der Waals surface area contributed by atoms with Gasteiger partial charge in [0.05, 0.1) is 6.26 Å². The van der Waals surface area contributed by atoms with Crippen molar-refractivity contribution in [2.75, 3.05) is 7.05 Å². The topological polar surface area (TPSA) is 46.3 Å². The predicted molar refractivity (Wildman–Crippen MR) is 93.6 cm³/mol. The van der Waals surface area contributed by atoms with E-state index in [1.165, 1.54) is 0 Å². The van der Waals surface area contributed by atoms with E-state index in [1.807, 2.05) is 68.6 Å². The second kappa shape index (κ2) is 7.13. The van der Waals surface area contributed by atoms with E-state index in [1.54, 1.807) is 17.4 Å². The zero-order valence-electron chi connectivity index (χ0n) is 13.8. The van der Waals surface area contributed by atoms with E-state index >= 15 is 0 Å². The Morgan fingerprint density at radius 1 is 1.17 bits per heavy atom. The van der Waals surface area contributed by atoms with Gasteiger partial charge < -0.3 is 9.32 Å². The third-order valence-corrected chi connectivity index (χ3v) is 4.13. The SMILES string of the molecule is C[C@@H](Cc1ccccn1)N(C)C(=O)c1cccc(-c2ccco2)c1. The molecule has 3 aromatic rings. The number of rotatable bonds is 5. The zero-order valence-corrected chi connectivity index (χ0v) is 13.8. The van der Waals surface area contributed by atoms with E-state index in [2.05, 4.69) is 4.98 Å². The Labute approximate surface area is 141 Å². The quantitative estimate of drug-likeness (QED) is 0.712. The fraction of sp³-hybridized carbons (Fsp3) is 0.200. The van der Waals surface area contributed by atoms with Crippen molar-refractivity contribution in [1.29, 1.82) is 0 Å². The maximum absolute atomic E-state index is 12.8. The Hall–Kier alpha value is -2.88. The van der Waals surface area contributed by atoms with Crippen molar-refractivity contribution in [3.05, 3.63) is 78.3 Å². The molecule has 0 bridgehead atoms. The van der Waals surface area contributed by atoms with Gasteiger partial charge >= 0.3 is 0 Å². The Kier molecular flexibility index (Phi) is 4.75. The molecule has 2 aromatic heterocycles. The van der Waals surface area contributed by atoms with Gasteiger partial charge in [-0.05, 0) is 43.3 Å². The average molecular weight is 320 g/mol. The molecule has 4 heteroatoms. The first kappa shape index (κ1) is 16.0. The highest BCUT2D eigenvalue weighted by molar-refractivity contribution is 5.95. The number of aromatic nitrogens is 1. The van der Waals surface area contributed by atoms with Crippen LogP contribution in [-0.2, 0) is 6.42 Å². The summed E-state index contributed by atoms with van der Waals surface area (Å²) < 4.78 is 5.41. The van der Waals surface area contributed by atoms with Gasteiger partial charge in [-0.15, -0.1) is 0 Å². The number of furan rings is 1. The van der Waals surface area contributed by atoms with E-state index in [4.69, 9.17) is 4.42 Å². The van der Waals surface area contributed by atoms with Gasteiger partial charge in [-0.25, -0.2) is 0 Å². The largest absolute Gasteiger partial charge is 0.464 e. The summed E-state index contributed by atoms with van der Waals surface area (Å²) in [5.74, 6) is 0.751. The van der Waals surface area contributed by atoms with Crippen LogP contribution in [0.3, 0.4) is 0 Å². The molecule has 0 N–H and O–H groups in total. The van der Waals surface area contributed by atoms with Gasteiger partial charge in [0.25, 0.3) is 5.91 Å². The van der Waals surface area contributed by atoms with Gasteiger partial charge in [0.15, 0.2) is 0 Å². The Morgan fingerprint density at radius 2 is 2.04 bits per heavy atom. The van der Waals surface area contributed by atoms with E-state index in [0.29, 0.717) is 5.56 Å². The van der Waals surface area contributed by atoms with Gasteiger partial charge in [-0.3, -0.25) is 9.78 Å². The van der Waals surface area contributed by atoms with Crippen LogP contribution in [0.5, 0.6) is 0 Å². The van der Waals surface area contributed by atoms with E-state index < -0.39 is 0 Å². The second-order valence-corrected chi connectivity index (χ2v) is 5.85. The molecule has 1 amide bonds. The number of hydrogen-bond acceptors (Lipinski definition) is 3. The molecule has 1 atom stereocenters. The molecule has 0 unspecified atom stereocenters. The predicted octanol–water partition coefficient (Wildman–Crippen LogP) is 4.04. The normalized spacial score (nSPS) is 11.9. The summed E-state index contributed by atoms with van der Waals surface area (Å²) >= 11 is 0. The number of carbonyl (C=O) groups excluding carboxylic acids is 1. The number of hydrogen-bond donors (Lipinski definition) is 0. The maximum Gasteiger partial charge on any atom is 0.253 e. The lowest BCUT2D eigenvalue weighted by atomic mass is 10.1. The fourth-order valence-corrected chi connectivity index (χ4v) is 2.61. The smallest absolute Gasteiger partial charge is 0.253 e. The molecule has 1 aromatic carbocycles.